The highest BCUT2D eigenvalue weighted by Gasteiger charge is 2.30. The van der Waals surface area contributed by atoms with Crippen LogP contribution in [0.25, 0.3) is 6.08 Å². The summed E-state index contributed by atoms with van der Waals surface area (Å²) in [4.78, 5) is 11.7. The van der Waals surface area contributed by atoms with Crippen molar-refractivity contribution in [2.24, 2.45) is 0 Å². The van der Waals surface area contributed by atoms with E-state index in [4.69, 9.17) is 11.6 Å². The van der Waals surface area contributed by atoms with Gasteiger partial charge in [0.25, 0.3) is 0 Å². The van der Waals surface area contributed by atoms with Gasteiger partial charge in [-0.25, -0.2) is 4.39 Å². The van der Waals surface area contributed by atoms with Crippen LogP contribution in [0, 0.1) is 5.82 Å². The van der Waals surface area contributed by atoms with Crippen molar-refractivity contribution >= 4 is 29.3 Å². The average Bonchev–Trinajstić information content (AvgIpc) is 2.47. The van der Waals surface area contributed by atoms with E-state index >= 15 is 0 Å². The number of amides is 1. The molecule has 2 nitrogen and oxygen atoms in total. The lowest BCUT2D eigenvalue weighted by atomic mass is 10.1. The van der Waals surface area contributed by atoms with E-state index in [9.17, 15) is 22.4 Å². The molecule has 0 radical (unpaired) electrons. The summed E-state index contributed by atoms with van der Waals surface area (Å²) in [5.41, 5.74) is -0.876. The third-order valence-electron chi connectivity index (χ3n) is 2.87. The first-order valence-corrected chi connectivity index (χ1v) is 6.75. The van der Waals surface area contributed by atoms with Gasteiger partial charge in [-0.1, -0.05) is 23.7 Å². The normalized spacial score (nSPS) is 11.7. The SMILES string of the molecule is O=C(/C=C/c1cc(C(F)(F)F)ccc1Cl)Nc1ccccc1F. The molecule has 0 bridgehead atoms. The number of carbonyl (C=O) groups is 1. The summed E-state index contributed by atoms with van der Waals surface area (Å²) in [6.45, 7) is 0. The Morgan fingerprint density at radius 2 is 1.83 bits per heavy atom. The van der Waals surface area contributed by atoms with Crippen molar-refractivity contribution in [2.45, 2.75) is 6.18 Å². The summed E-state index contributed by atoms with van der Waals surface area (Å²) in [5.74, 6) is -1.31. The van der Waals surface area contributed by atoms with Crippen LogP contribution >= 0.6 is 11.6 Å². The smallest absolute Gasteiger partial charge is 0.320 e. The molecule has 120 valence electrons. The summed E-state index contributed by atoms with van der Waals surface area (Å²) >= 11 is 5.80. The van der Waals surface area contributed by atoms with Gasteiger partial charge in [0.05, 0.1) is 11.3 Å². The van der Waals surface area contributed by atoms with Crippen molar-refractivity contribution in [3.8, 4) is 0 Å². The molecule has 0 aliphatic carbocycles. The van der Waals surface area contributed by atoms with Crippen LogP contribution in [0.4, 0.5) is 23.2 Å². The number of hydrogen-bond donors (Lipinski definition) is 1. The predicted octanol–water partition coefficient (Wildman–Crippen LogP) is 5.15. The Labute approximate surface area is 134 Å². The van der Waals surface area contributed by atoms with Crippen molar-refractivity contribution in [2.75, 3.05) is 5.32 Å². The number of para-hydroxylation sites is 1. The first-order chi connectivity index (χ1) is 10.8. The molecule has 0 aliphatic rings. The standard InChI is InChI=1S/C16H10ClF4NO/c17-12-7-6-11(16(19,20)21)9-10(12)5-8-15(23)22-14-4-2-1-3-13(14)18/h1-9H,(H,22,23)/b8-5+. The van der Waals surface area contributed by atoms with Crippen LogP contribution in [0.2, 0.25) is 5.02 Å². The number of benzene rings is 2. The van der Waals surface area contributed by atoms with Crippen LogP contribution in [0.15, 0.2) is 48.5 Å². The molecule has 23 heavy (non-hydrogen) atoms. The summed E-state index contributed by atoms with van der Waals surface area (Å²) in [5, 5.41) is 2.34. The van der Waals surface area contributed by atoms with Gasteiger partial charge in [0.15, 0.2) is 0 Å². The van der Waals surface area contributed by atoms with Crippen molar-refractivity contribution in [1.29, 1.82) is 0 Å². The maximum Gasteiger partial charge on any atom is 0.416 e. The van der Waals surface area contributed by atoms with Crippen molar-refractivity contribution < 1.29 is 22.4 Å². The molecule has 0 unspecified atom stereocenters. The van der Waals surface area contributed by atoms with E-state index < -0.39 is 23.5 Å². The molecular formula is C16H10ClF4NO. The van der Waals surface area contributed by atoms with E-state index in [1.54, 1.807) is 0 Å². The number of halogens is 5. The summed E-state index contributed by atoms with van der Waals surface area (Å²) in [7, 11) is 0. The van der Waals surface area contributed by atoms with Gasteiger partial charge in [0.2, 0.25) is 5.91 Å². The zero-order valence-electron chi connectivity index (χ0n) is 11.5. The fourth-order valence-corrected chi connectivity index (χ4v) is 1.93. The largest absolute Gasteiger partial charge is 0.416 e. The van der Waals surface area contributed by atoms with Crippen LogP contribution in [-0.2, 0) is 11.0 Å². The molecule has 7 heteroatoms. The van der Waals surface area contributed by atoms with E-state index in [0.29, 0.717) is 0 Å². The Bertz CT molecular complexity index is 756. The Morgan fingerprint density at radius 1 is 1.13 bits per heavy atom. The van der Waals surface area contributed by atoms with Gasteiger partial charge < -0.3 is 5.32 Å². The highest BCUT2D eigenvalue weighted by atomic mass is 35.5. The molecule has 0 spiro atoms. The maximum atomic E-state index is 13.4. The molecule has 0 aromatic heterocycles. The second kappa shape index (κ2) is 6.83. The zero-order chi connectivity index (χ0) is 17.0. The third-order valence-corrected chi connectivity index (χ3v) is 3.21. The second-order valence-electron chi connectivity index (χ2n) is 4.54. The lowest BCUT2D eigenvalue weighted by molar-refractivity contribution is -0.137. The topological polar surface area (TPSA) is 29.1 Å². The highest BCUT2D eigenvalue weighted by molar-refractivity contribution is 6.32. The van der Waals surface area contributed by atoms with Crippen molar-refractivity contribution in [3.63, 3.8) is 0 Å². The fraction of sp³-hybridized carbons (Fsp3) is 0.0625. The molecule has 2 aromatic carbocycles. The Kier molecular flexibility index (Phi) is 5.05. The fourth-order valence-electron chi connectivity index (χ4n) is 1.75. The van der Waals surface area contributed by atoms with E-state index in [-0.39, 0.29) is 16.3 Å². The molecule has 1 N–H and O–H groups in total. The van der Waals surface area contributed by atoms with E-state index in [2.05, 4.69) is 5.32 Å². The maximum absolute atomic E-state index is 13.4. The molecule has 2 rings (SSSR count). The predicted molar refractivity (Wildman–Crippen MR) is 80.5 cm³/mol. The van der Waals surface area contributed by atoms with Crippen LogP contribution in [0.5, 0.6) is 0 Å². The minimum atomic E-state index is -4.51. The van der Waals surface area contributed by atoms with Crippen LogP contribution < -0.4 is 5.32 Å². The van der Waals surface area contributed by atoms with Gasteiger partial charge in [-0.15, -0.1) is 0 Å². The Hall–Kier alpha value is -2.34. The monoisotopic (exact) mass is 343 g/mol. The molecule has 0 saturated carbocycles. The summed E-state index contributed by atoms with van der Waals surface area (Å²) in [6, 6.07) is 8.30. The van der Waals surface area contributed by atoms with Gasteiger partial charge in [-0.05, 0) is 42.0 Å². The van der Waals surface area contributed by atoms with Crippen molar-refractivity contribution in [1.82, 2.24) is 0 Å². The number of anilines is 1. The van der Waals surface area contributed by atoms with Gasteiger partial charge in [-0.2, -0.15) is 13.2 Å². The number of nitrogens with one attached hydrogen (secondary N) is 1. The number of carbonyl (C=O) groups excluding carboxylic acids is 1. The molecule has 0 atom stereocenters. The molecule has 0 saturated heterocycles. The molecule has 0 heterocycles. The Morgan fingerprint density at radius 3 is 2.48 bits per heavy atom. The average molecular weight is 344 g/mol. The number of hydrogen-bond acceptors (Lipinski definition) is 1. The lowest BCUT2D eigenvalue weighted by Gasteiger charge is -2.08. The van der Waals surface area contributed by atoms with Crippen molar-refractivity contribution in [3.05, 3.63) is 70.5 Å². The minimum absolute atomic E-state index is 0.0303. The van der Waals surface area contributed by atoms with Gasteiger partial charge >= 0.3 is 6.18 Å². The number of rotatable bonds is 3. The first kappa shape index (κ1) is 17.0. The molecule has 2 aromatic rings. The van der Waals surface area contributed by atoms with E-state index in [1.165, 1.54) is 24.3 Å². The molecule has 0 fully saturated rings. The molecular weight excluding hydrogens is 334 g/mol. The zero-order valence-corrected chi connectivity index (χ0v) is 12.3. The van der Waals surface area contributed by atoms with Crippen LogP contribution in [-0.4, -0.2) is 5.91 Å². The minimum Gasteiger partial charge on any atom is -0.320 e. The van der Waals surface area contributed by atoms with Gasteiger partial charge in [-0.3, -0.25) is 4.79 Å². The van der Waals surface area contributed by atoms with E-state index in [0.717, 1.165) is 30.4 Å². The summed E-state index contributed by atoms with van der Waals surface area (Å²) < 4.78 is 51.3. The van der Waals surface area contributed by atoms with Gasteiger partial charge in [0, 0.05) is 11.1 Å². The lowest BCUT2D eigenvalue weighted by Crippen LogP contribution is -2.09. The Balaban J connectivity index is 2.17. The quantitative estimate of drug-likeness (QED) is 0.606. The van der Waals surface area contributed by atoms with E-state index in [1.807, 2.05) is 0 Å². The first-order valence-electron chi connectivity index (χ1n) is 6.38. The number of alkyl halides is 3. The third kappa shape index (κ3) is 4.56. The van der Waals surface area contributed by atoms with Crippen LogP contribution in [0.3, 0.4) is 0 Å². The van der Waals surface area contributed by atoms with Gasteiger partial charge in [0.1, 0.15) is 5.82 Å². The second-order valence-corrected chi connectivity index (χ2v) is 4.94. The molecule has 1 amide bonds. The molecule has 0 aliphatic heterocycles. The summed E-state index contributed by atoms with van der Waals surface area (Å²) in [6.07, 6.45) is -2.40. The van der Waals surface area contributed by atoms with Crippen LogP contribution in [0.1, 0.15) is 11.1 Å². The highest BCUT2D eigenvalue weighted by Crippen LogP contribution is 2.32.